The van der Waals surface area contributed by atoms with Crippen molar-refractivity contribution in [2.75, 3.05) is 0 Å². The summed E-state index contributed by atoms with van der Waals surface area (Å²) >= 11 is 1.51. The largest absolute Gasteiger partial charge is 0.434 e. The van der Waals surface area contributed by atoms with Crippen LogP contribution in [-0.4, -0.2) is 14.9 Å². The average molecular weight is 323 g/mol. The number of non-ortho nitro benzene ring substituents is 1. The van der Waals surface area contributed by atoms with Crippen LogP contribution in [0.15, 0.2) is 59.1 Å². The third kappa shape index (κ3) is 2.47. The van der Waals surface area contributed by atoms with Gasteiger partial charge in [0.25, 0.3) is 11.6 Å². The third-order valence-electron chi connectivity index (χ3n) is 3.35. The lowest BCUT2D eigenvalue weighted by Gasteiger charge is -1.95. The molecule has 2 aromatic carbocycles. The van der Waals surface area contributed by atoms with E-state index in [0.717, 1.165) is 15.8 Å². The molecule has 2 aromatic heterocycles. The van der Waals surface area contributed by atoms with Crippen molar-refractivity contribution >= 4 is 27.2 Å². The molecule has 0 aliphatic carbocycles. The SMILES string of the molecule is O=[N+]([O-])c1ccc(-c2cnc(-c3nc4ccccc4s3)o2)cc1. The number of rotatable bonds is 3. The van der Waals surface area contributed by atoms with Gasteiger partial charge in [0.2, 0.25) is 0 Å². The third-order valence-corrected chi connectivity index (χ3v) is 4.37. The van der Waals surface area contributed by atoms with E-state index in [1.807, 2.05) is 24.3 Å². The van der Waals surface area contributed by atoms with Crippen molar-refractivity contribution in [3.63, 3.8) is 0 Å². The van der Waals surface area contributed by atoms with Gasteiger partial charge in [-0.3, -0.25) is 10.1 Å². The lowest BCUT2D eigenvalue weighted by atomic mass is 10.2. The molecule has 0 saturated heterocycles. The Labute approximate surface area is 134 Å². The summed E-state index contributed by atoms with van der Waals surface area (Å²) in [7, 11) is 0. The Balaban J connectivity index is 1.69. The van der Waals surface area contributed by atoms with Crippen molar-refractivity contribution < 1.29 is 9.34 Å². The van der Waals surface area contributed by atoms with Gasteiger partial charge in [0, 0.05) is 17.7 Å². The monoisotopic (exact) mass is 323 g/mol. The van der Waals surface area contributed by atoms with E-state index in [9.17, 15) is 10.1 Å². The summed E-state index contributed by atoms with van der Waals surface area (Å²) in [6, 6.07) is 14.0. The number of thiazole rings is 1. The fourth-order valence-corrected chi connectivity index (χ4v) is 3.12. The first kappa shape index (κ1) is 13.6. The summed E-state index contributed by atoms with van der Waals surface area (Å²) in [6.45, 7) is 0. The van der Waals surface area contributed by atoms with Crippen molar-refractivity contribution in [2.45, 2.75) is 0 Å². The van der Waals surface area contributed by atoms with E-state index >= 15 is 0 Å². The summed E-state index contributed by atoms with van der Waals surface area (Å²) in [4.78, 5) is 19.0. The number of aromatic nitrogens is 2. The van der Waals surface area contributed by atoms with Crippen LogP contribution in [0.2, 0.25) is 0 Å². The van der Waals surface area contributed by atoms with E-state index in [-0.39, 0.29) is 5.69 Å². The second-order valence-electron chi connectivity index (χ2n) is 4.82. The summed E-state index contributed by atoms with van der Waals surface area (Å²) < 4.78 is 6.82. The van der Waals surface area contributed by atoms with Crippen LogP contribution in [0.5, 0.6) is 0 Å². The van der Waals surface area contributed by atoms with Crippen LogP contribution in [0.1, 0.15) is 0 Å². The molecule has 0 atom stereocenters. The number of para-hydroxylation sites is 1. The van der Waals surface area contributed by atoms with E-state index in [1.165, 1.54) is 23.5 Å². The Morgan fingerprint density at radius 2 is 1.87 bits per heavy atom. The molecule has 4 aromatic rings. The van der Waals surface area contributed by atoms with Gasteiger partial charge < -0.3 is 4.42 Å². The molecule has 6 nitrogen and oxygen atoms in total. The van der Waals surface area contributed by atoms with Crippen molar-refractivity contribution in [2.24, 2.45) is 0 Å². The van der Waals surface area contributed by atoms with Crippen LogP contribution in [0.4, 0.5) is 5.69 Å². The first-order valence-electron chi connectivity index (χ1n) is 6.77. The number of nitro groups is 1. The molecular weight excluding hydrogens is 314 g/mol. The van der Waals surface area contributed by atoms with Gasteiger partial charge in [-0.2, -0.15) is 0 Å². The van der Waals surface area contributed by atoms with E-state index in [0.29, 0.717) is 16.7 Å². The van der Waals surface area contributed by atoms with Crippen molar-refractivity contribution in [3.8, 4) is 22.2 Å². The predicted molar refractivity (Wildman–Crippen MR) is 87.2 cm³/mol. The lowest BCUT2D eigenvalue weighted by Crippen LogP contribution is -1.86. The molecule has 0 aliphatic heterocycles. The highest BCUT2D eigenvalue weighted by Gasteiger charge is 2.14. The van der Waals surface area contributed by atoms with Crippen molar-refractivity contribution in [1.82, 2.24) is 9.97 Å². The zero-order valence-corrected chi connectivity index (χ0v) is 12.5. The molecule has 0 N–H and O–H groups in total. The van der Waals surface area contributed by atoms with E-state index in [1.54, 1.807) is 18.3 Å². The number of benzene rings is 2. The second kappa shape index (κ2) is 5.29. The van der Waals surface area contributed by atoms with Gasteiger partial charge in [0.1, 0.15) is 0 Å². The minimum atomic E-state index is -0.434. The molecule has 0 aliphatic rings. The highest BCUT2D eigenvalue weighted by Crippen LogP contribution is 2.32. The molecule has 0 unspecified atom stereocenters. The maximum absolute atomic E-state index is 10.7. The van der Waals surface area contributed by atoms with Crippen LogP contribution >= 0.6 is 11.3 Å². The molecule has 0 bridgehead atoms. The molecule has 0 spiro atoms. The molecule has 0 fully saturated rings. The first-order chi connectivity index (χ1) is 11.2. The molecule has 0 amide bonds. The number of fused-ring (bicyclic) bond motifs is 1. The normalized spacial score (nSPS) is 11.0. The fourth-order valence-electron chi connectivity index (χ4n) is 2.22. The Morgan fingerprint density at radius 3 is 2.61 bits per heavy atom. The number of oxazole rings is 1. The molecule has 4 rings (SSSR count). The number of nitro benzene ring substituents is 1. The minimum Gasteiger partial charge on any atom is -0.434 e. The highest BCUT2D eigenvalue weighted by atomic mass is 32.1. The van der Waals surface area contributed by atoms with Gasteiger partial charge in [-0.1, -0.05) is 12.1 Å². The van der Waals surface area contributed by atoms with Gasteiger partial charge in [-0.25, -0.2) is 9.97 Å². The van der Waals surface area contributed by atoms with Gasteiger partial charge in [0.15, 0.2) is 10.8 Å². The molecule has 23 heavy (non-hydrogen) atoms. The van der Waals surface area contributed by atoms with Crippen LogP contribution in [-0.2, 0) is 0 Å². The topological polar surface area (TPSA) is 82.1 Å². The first-order valence-corrected chi connectivity index (χ1v) is 7.59. The summed E-state index contributed by atoms with van der Waals surface area (Å²) in [5.41, 5.74) is 1.68. The minimum absolute atomic E-state index is 0.0414. The quantitative estimate of drug-likeness (QED) is 0.409. The number of hydrogen-bond acceptors (Lipinski definition) is 6. The molecular formula is C16H9N3O3S. The number of hydrogen-bond donors (Lipinski definition) is 0. The van der Waals surface area contributed by atoms with Crippen LogP contribution < -0.4 is 0 Å². The van der Waals surface area contributed by atoms with E-state index in [4.69, 9.17) is 4.42 Å². The van der Waals surface area contributed by atoms with Gasteiger partial charge in [-0.15, -0.1) is 11.3 Å². The fraction of sp³-hybridized carbons (Fsp3) is 0. The summed E-state index contributed by atoms with van der Waals surface area (Å²) in [5.74, 6) is 0.994. The standard InChI is InChI=1S/C16H9N3O3S/c20-19(21)11-7-5-10(6-8-11)13-9-17-15(22-13)16-18-12-3-1-2-4-14(12)23-16/h1-9H. The Kier molecular flexibility index (Phi) is 3.13. The van der Waals surface area contributed by atoms with Gasteiger partial charge in [-0.05, 0) is 24.3 Å². The van der Waals surface area contributed by atoms with Crippen LogP contribution in [0, 0.1) is 10.1 Å². The smallest absolute Gasteiger partial charge is 0.269 e. The Hall–Kier alpha value is -3.06. The van der Waals surface area contributed by atoms with Gasteiger partial charge >= 0.3 is 0 Å². The van der Waals surface area contributed by atoms with E-state index < -0.39 is 4.92 Å². The number of nitrogens with zero attached hydrogens (tertiary/aromatic N) is 3. The molecule has 0 saturated carbocycles. The van der Waals surface area contributed by atoms with E-state index in [2.05, 4.69) is 9.97 Å². The van der Waals surface area contributed by atoms with Crippen molar-refractivity contribution in [3.05, 3.63) is 64.8 Å². The maximum Gasteiger partial charge on any atom is 0.269 e. The zero-order chi connectivity index (χ0) is 15.8. The van der Waals surface area contributed by atoms with Gasteiger partial charge in [0.05, 0.1) is 21.3 Å². The van der Waals surface area contributed by atoms with Crippen LogP contribution in [0.3, 0.4) is 0 Å². The molecule has 7 heteroatoms. The summed E-state index contributed by atoms with van der Waals surface area (Å²) in [5, 5.41) is 11.4. The van der Waals surface area contributed by atoms with Crippen LogP contribution in [0.25, 0.3) is 32.4 Å². The lowest BCUT2D eigenvalue weighted by molar-refractivity contribution is -0.384. The molecule has 0 radical (unpaired) electrons. The average Bonchev–Trinajstić information content (AvgIpc) is 3.21. The maximum atomic E-state index is 10.7. The zero-order valence-electron chi connectivity index (χ0n) is 11.7. The summed E-state index contributed by atoms with van der Waals surface area (Å²) in [6.07, 6.45) is 1.60. The Morgan fingerprint density at radius 1 is 1.09 bits per heavy atom. The predicted octanol–water partition coefficient (Wildman–Crippen LogP) is 4.53. The molecule has 2 heterocycles. The second-order valence-corrected chi connectivity index (χ2v) is 5.85. The highest BCUT2D eigenvalue weighted by molar-refractivity contribution is 7.21. The Bertz CT molecular complexity index is 972. The van der Waals surface area contributed by atoms with Crippen molar-refractivity contribution in [1.29, 1.82) is 0 Å². The molecule has 112 valence electrons.